The van der Waals surface area contributed by atoms with Gasteiger partial charge in [-0.2, -0.15) is 0 Å². The molecule has 0 amide bonds. The first-order valence-corrected chi connectivity index (χ1v) is 8.24. The standard InChI is InChI=1S/C24H19N/c1-2-3-10-21-15-17-24(18-16-21)25(19-22-11-6-4-7-12-22)20-23-13-8-5-9-14-23/h1,4-9,11-18H,19-20H2. The third-order valence-corrected chi connectivity index (χ3v) is 3.94. The van der Waals surface area contributed by atoms with Gasteiger partial charge < -0.3 is 4.90 Å². The summed E-state index contributed by atoms with van der Waals surface area (Å²) in [5.74, 6) is 7.96. The summed E-state index contributed by atoms with van der Waals surface area (Å²) in [4.78, 5) is 2.36. The van der Waals surface area contributed by atoms with Gasteiger partial charge in [-0.25, -0.2) is 0 Å². The fourth-order valence-electron chi connectivity index (χ4n) is 2.71. The maximum atomic E-state index is 5.19. The molecule has 0 atom stereocenters. The van der Waals surface area contributed by atoms with Crippen LogP contribution in [-0.4, -0.2) is 0 Å². The van der Waals surface area contributed by atoms with Crippen molar-refractivity contribution in [1.29, 1.82) is 0 Å². The van der Waals surface area contributed by atoms with Gasteiger partial charge in [0.2, 0.25) is 0 Å². The Kier molecular flexibility index (Phi) is 5.55. The van der Waals surface area contributed by atoms with Crippen LogP contribution in [0.1, 0.15) is 16.7 Å². The first-order chi connectivity index (χ1) is 12.3. The normalized spacial score (nSPS) is 9.56. The Morgan fingerprint density at radius 3 is 1.68 bits per heavy atom. The molecule has 3 aromatic carbocycles. The Hall–Kier alpha value is -3.42. The lowest BCUT2D eigenvalue weighted by molar-refractivity contribution is 0.800. The van der Waals surface area contributed by atoms with Gasteiger partial charge in [-0.3, -0.25) is 0 Å². The van der Waals surface area contributed by atoms with Crippen LogP contribution in [0.4, 0.5) is 5.69 Å². The van der Waals surface area contributed by atoms with Crippen LogP contribution < -0.4 is 4.90 Å². The van der Waals surface area contributed by atoms with Crippen molar-refractivity contribution in [2.24, 2.45) is 0 Å². The van der Waals surface area contributed by atoms with Gasteiger partial charge in [-0.05, 0) is 47.2 Å². The van der Waals surface area contributed by atoms with Gasteiger partial charge in [0.15, 0.2) is 0 Å². The van der Waals surface area contributed by atoms with Crippen LogP contribution in [0.15, 0.2) is 84.9 Å². The number of hydrogen-bond acceptors (Lipinski definition) is 1. The summed E-state index contributed by atoms with van der Waals surface area (Å²) in [6, 6.07) is 29.3. The van der Waals surface area contributed by atoms with Gasteiger partial charge in [0.25, 0.3) is 0 Å². The minimum absolute atomic E-state index is 0.852. The molecule has 0 saturated carbocycles. The molecule has 3 aromatic rings. The predicted octanol–water partition coefficient (Wildman–Crippen LogP) is 4.88. The van der Waals surface area contributed by atoms with Crippen molar-refractivity contribution in [2.45, 2.75) is 13.1 Å². The zero-order valence-corrected chi connectivity index (χ0v) is 14.0. The highest BCUT2D eigenvalue weighted by atomic mass is 15.1. The van der Waals surface area contributed by atoms with E-state index in [0.717, 1.165) is 18.7 Å². The molecule has 0 saturated heterocycles. The molecule has 25 heavy (non-hydrogen) atoms. The SMILES string of the molecule is C#CC#Cc1ccc(N(Cc2ccccc2)Cc2ccccc2)cc1. The molecule has 120 valence electrons. The molecule has 0 aliphatic heterocycles. The maximum Gasteiger partial charge on any atom is 0.0433 e. The topological polar surface area (TPSA) is 3.24 Å². The summed E-state index contributed by atoms with van der Waals surface area (Å²) in [7, 11) is 0. The molecule has 1 nitrogen and oxygen atoms in total. The molecular formula is C24H19N. The molecule has 0 bridgehead atoms. The van der Waals surface area contributed by atoms with Crippen LogP contribution in [0.5, 0.6) is 0 Å². The first-order valence-electron chi connectivity index (χ1n) is 8.24. The number of nitrogens with zero attached hydrogens (tertiary/aromatic N) is 1. The number of anilines is 1. The van der Waals surface area contributed by atoms with E-state index in [1.165, 1.54) is 16.8 Å². The minimum atomic E-state index is 0.852. The zero-order valence-electron chi connectivity index (χ0n) is 14.0. The lowest BCUT2D eigenvalue weighted by Crippen LogP contribution is -2.22. The van der Waals surface area contributed by atoms with E-state index in [4.69, 9.17) is 6.42 Å². The van der Waals surface area contributed by atoms with Crippen LogP contribution in [-0.2, 0) is 13.1 Å². The van der Waals surface area contributed by atoms with Crippen LogP contribution in [0, 0.1) is 24.2 Å². The molecule has 0 fully saturated rings. The monoisotopic (exact) mass is 321 g/mol. The summed E-state index contributed by atoms with van der Waals surface area (Å²) < 4.78 is 0. The van der Waals surface area contributed by atoms with E-state index in [1.54, 1.807) is 0 Å². The summed E-state index contributed by atoms with van der Waals surface area (Å²) in [6.45, 7) is 1.70. The number of rotatable bonds is 5. The molecule has 3 rings (SSSR count). The van der Waals surface area contributed by atoms with E-state index in [1.807, 2.05) is 24.3 Å². The quantitative estimate of drug-likeness (QED) is 0.606. The predicted molar refractivity (Wildman–Crippen MR) is 105 cm³/mol. The summed E-state index contributed by atoms with van der Waals surface area (Å²) in [5.41, 5.74) is 4.67. The Morgan fingerprint density at radius 2 is 1.20 bits per heavy atom. The van der Waals surface area contributed by atoms with Crippen LogP contribution in [0.25, 0.3) is 0 Å². The molecule has 0 radical (unpaired) electrons. The first kappa shape index (κ1) is 16.4. The molecular weight excluding hydrogens is 302 g/mol. The zero-order chi connectivity index (χ0) is 17.3. The van der Waals surface area contributed by atoms with Gasteiger partial charge >= 0.3 is 0 Å². The Labute approximate surface area is 149 Å². The lowest BCUT2D eigenvalue weighted by atomic mass is 10.1. The van der Waals surface area contributed by atoms with Gasteiger partial charge in [-0.1, -0.05) is 66.6 Å². The highest BCUT2D eigenvalue weighted by Gasteiger charge is 2.08. The Bertz CT molecular complexity index is 850. The average Bonchev–Trinajstić information content (AvgIpc) is 2.68. The van der Waals surface area contributed by atoms with Crippen molar-refractivity contribution in [3.05, 3.63) is 102 Å². The van der Waals surface area contributed by atoms with Crippen LogP contribution >= 0.6 is 0 Å². The minimum Gasteiger partial charge on any atom is -0.363 e. The molecule has 1 heteroatoms. The second-order valence-corrected chi connectivity index (χ2v) is 5.77. The van der Waals surface area contributed by atoms with Crippen molar-refractivity contribution in [2.75, 3.05) is 4.90 Å². The van der Waals surface area contributed by atoms with Crippen molar-refractivity contribution in [3.8, 4) is 24.2 Å². The van der Waals surface area contributed by atoms with Gasteiger partial charge in [0, 0.05) is 24.3 Å². The lowest BCUT2D eigenvalue weighted by Gasteiger charge is -2.25. The Balaban J connectivity index is 1.86. The summed E-state index contributed by atoms with van der Waals surface area (Å²) in [6.07, 6.45) is 5.19. The van der Waals surface area contributed by atoms with Gasteiger partial charge in [0.1, 0.15) is 0 Å². The molecule has 0 aromatic heterocycles. The van der Waals surface area contributed by atoms with E-state index in [9.17, 15) is 0 Å². The molecule has 0 heterocycles. The van der Waals surface area contributed by atoms with Gasteiger partial charge in [0.05, 0.1) is 0 Å². The average molecular weight is 321 g/mol. The third kappa shape index (κ3) is 4.77. The van der Waals surface area contributed by atoms with Gasteiger partial charge in [-0.15, -0.1) is 6.42 Å². The smallest absolute Gasteiger partial charge is 0.0433 e. The van der Waals surface area contributed by atoms with Crippen LogP contribution in [0.3, 0.4) is 0 Å². The Morgan fingerprint density at radius 1 is 0.680 bits per heavy atom. The van der Waals surface area contributed by atoms with Crippen molar-refractivity contribution < 1.29 is 0 Å². The number of hydrogen-bond donors (Lipinski definition) is 0. The second-order valence-electron chi connectivity index (χ2n) is 5.77. The fraction of sp³-hybridized carbons (Fsp3) is 0.0833. The van der Waals surface area contributed by atoms with E-state index < -0.39 is 0 Å². The highest BCUT2D eigenvalue weighted by Crippen LogP contribution is 2.21. The van der Waals surface area contributed by atoms with E-state index in [-0.39, 0.29) is 0 Å². The third-order valence-electron chi connectivity index (χ3n) is 3.94. The van der Waals surface area contributed by atoms with E-state index in [0.29, 0.717) is 0 Å². The molecule has 0 N–H and O–H groups in total. The molecule has 0 aliphatic carbocycles. The number of terminal acetylenes is 1. The van der Waals surface area contributed by atoms with Crippen molar-refractivity contribution in [3.63, 3.8) is 0 Å². The summed E-state index contributed by atoms with van der Waals surface area (Å²) >= 11 is 0. The van der Waals surface area contributed by atoms with Crippen molar-refractivity contribution in [1.82, 2.24) is 0 Å². The summed E-state index contributed by atoms with van der Waals surface area (Å²) in [5, 5.41) is 0. The van der Waals surface area contributed by atoms with E-state index >= 15 is 0 Å². The maximum absolute atomic E-state index is 5.19. The molecule has 0 aliphatic rings. The fourth-order valence-corrected chi connectivity index (χ4v) is 2.71. The molecule has 0 unspecified atom stereocenters. The van der Waals surface area contributed by atoms with E-state index in [2.05, 4.69) is 83.3 Å². The highest BCUT2D eigenvalue weighted by molar-refractivity contribution is 5.52. The second kappa shape index (κ2) is 8.44. The van der Waals surface area contributed by atoms with Crippen molar-refractivity contribution >= 4 is 5.69 Å². The number of benzene rings is 3. The molecule has 0 spiro atoms. The van der Waals surface area contributed by atoms with Crippen LogP contribution in [0.2, 0.25) is 0 Å². The largest absolute Gasteiger partial charge is 0.363 e.